The Morgan fingerprint density at radius 2 is 1.96 bits per heavy atom. The molecule has 3 N–H and O–H groups in total. The highest BCUT2D eigenvalue weighted by Gasteiger charge is 2.12. The second-order valence-electron chi connectivity index (χ2n) is 4.75. The quantitative estimate of drug-likeness (QED) is 0.840. The third-order valence-corrected chi connectivity index (χ3v) is 3.01. The molecule has 116 valence electrons. The van der Waals surface area contributed by atoms with E-state index in [9.17, 15) is 9.59 Å². The van der Waals surface area contributed by atoms with Crippen LogP contribution in [0.1, 0.15) is 21.5 Å². The van der Waals surface area contributed by atoms with Gasteiger partial charge in [0, 0.05) is 6.54 Å². The maximum Gasteiger partial charge on any atom is 0.255 e. The predicted molar refractivity (Wildman–Crippen MR) is 83.5 cm³/mol. The van der Waals surface area contributed by atoms with Gasteiger partial charge < -0.3 is 15.8 Å². The number of carbonyl (C=O) groups is 2. The van der Waals surface area contributed by atoms with Crippen LogP contribution in [0.5, 0.6) is 5.75 Å². The fourth-order valence-electron chi connectivity index (χ4n) is 1.96. The van der Waals surface area contributed by atoms with Crippen molar-refractivity contribution in [3.05, 3.63) is 65.2 Å². The van der Waals surface area contributed by atoms with Gasteiger partial charge in [-0.15, -0.1) is 0 Å². The van der Waals surface area contributed by atoms with E-state index in [0.29, 0.717) is 11.1 Å². The Hall–Kier alpha value is -3.33. The van der Waals surface area contributed by atoms with Gasteiger partial charge in [0.1, 0.15) is 5.75 Å². The summed E-state index contributed by atoms with van der Waals surface area (Å²) in [6.45, 7) is -0.0208. The summed E-state index contributed by atoms with van der Waals surface area (Å²) in [6.07, 6.45) is 0. The topological polar surface area (TPSA) is 105 Å². The fourth-order valence-corrected chi connectivity index (χ4v) is 1.96. The third-order valence-electron chi connectivity index (χ3n) is 3.01. The molecule has 0 aliphatic carbocycles. The highest BCUT2D eigenvalue weighted by atomic mass is 16.5. The van der Waals surface area contributed by atoms with Gasteiger partial charge in [0.25, 0.3) is 11.8 Å². The van der Waals surface area contributed by atoms with Gasteiger partial charge in [0.05, 0.1) is 17.2 Å². The number of amides is 2. The second kappa shape index (κ2) is 7.61. The molecule has 0 aromatic heterocycles. The van der Waals surface area contributed by atoms with Crippen molar-refractivity contribution in [3.8, 4) is 11.8 Å². The first-order chi connectivity index (χ1) is 11.1. The van der Waals surface area contributed by atoms with Crippen LogP contribution in [0.2, 0.25) is 0 Å². The lowest BCUT2D eigenvalue weighted by atomic mass is 10.1. The minimum Gasteiger partial charge on any atom is -0.483 e. The molecule has 0 unspecified atom stereocenters. The van der Waals surface area contributed by atoms with Crippen LogP contribution in [-0.4, -0.2) is 18.4 Å². The molecule has 0 bridgehead atoms. The van der Waals surface area contributed by atoms with Crippen LogP contribution in [0.25, 0.3) is 0 Å². The van der Waals surface area contributed by atoms with E-state index >= 15 is 0 Å². The van der Waals surface area contributed by atoms with Gasteiger partial charge in [-0.05, 0) is 29.8 Å². The van der Waals surface area contributed by atoms with E-state index in [2.05, 4.69) is 5.32 Å². The van der Waals surface area contributed by atoms with Crippen LogP contribution < -0.4 is 15.8 Å². The van der Waals surface area contributed by atoms with Crippen LogP contribution in [0.15, 0.2) is 48.5 Å². The maximum absolute atomic E-state index is 12.3. The number of primary amides is 1. The number of ether oxygens (including phenoxy) is 1. The maximum atomic E-state index is 12.3. The summed E-state index contributed by atoms with van der Waals surface area (Å²) >= 11 is 0. The summed E-state index contributed by atoms with van der Waals surface area (Å²) in [7, 11) is 0. The Morgan fingerprint density at radius 1 is 1.17 bits per heavy atom. The van der Waals surface area contributed by atoms with Crippen LogP contribution >= 0.6 is 0 Å². The van der Waals surface area contributed by atoms with Gasteiger partial charge in [-0.25, -0.2) is 0 Å². The SMILES string of the molecule is N#Cc1cccc(CNC(=O)c2ccccc2OCC(N)=O)c1. The molecule has 0 heterocycles. The number of nitriles is 1. The first kappa shape index (κ1) is 16.0. The minimum atomic E-state index is -0.617. The zero-order valence-corrected chi connectivity index (χ0v) is 12.3. The zero-order valence-electron chi connectivity index (χ0n) is 12.3. The summed E-state index contributed by atoms with van der Waals surface area (Å²) < 4.78 is 5.23. The molecule has 0 aliphatic rings. The molecule has 2 aromatic carbocycles. The van der Waals surface area contributed by atoms with Crippen molar-refractivity contribution < 1.29 is 14.3 Å². The molecular weight excluding hydrogens is 294 g/mol. The average Bonchev–Trinajstić information content (AvgIpc) is 2.58. The van der Waals surface area contributed by atoms with Crippen molar-refractivity contribution in [3.63, 3.8) is 0 Å². The Morgan fingerprint density at radius 3 is 2.70 bits per heavy atom. The number of nitrogens with two attached hydrogens (primary N) is 1. The Kier molecular flexibility index (Phi) is 5.31. The number of carbonyl (C=O) groups excluding carboxylic acids is 2. The first-order valence-corrected chi connectivity index (χ1v) is 6.87. The van der Waals surface area contributed by atoms with Gasteiger partial charge >= 0.3 is 0 Å². The van der Waals surface area contributed by atoms with Crippen molar-refractivity contribution in [2.24, 2.45) is 5.73 Å². The van der Waals surface area contributed by atoms with Gasteiger partial charge in [-0.2, -0.15) is 5.26 Å². The zero-order chi connectivity index (χ0) is 16.7. The molecule has 2 rings (SSSR count). The van der Waals surface area contributed by atoms with Crippen LogP contribution in [0, 0.1) is 11.3 Å². The molecule has 0 atom stereocenters. The highest BCUT2D eigenvalue weighted by Crippen LogP contribution is 2.18. The van der Waals surface area contributed by atoms with E-state index < -0.39 is 5.91 Å². The normalized spacial score (nSPS) is 9.70. The van der Waals surface area contributed by atoms with Crippen LogP contribution in [-0.2, 0) is 11.3 Å². The van der Waals surface area contributed by atoms with Gasteiger partial charge in [-0.3, -0.25) is 9.59 Å². The lowest BCUT2D eigenvalue weighted by Crippen LogP contribution is -2.25. The van der Waals surface area contributed by atoms with Gasteiger partial charge in [-0.1, -0.05) is 24.3 Å². The van der Waals surface area contributed by atoms with E-state index in [-0.39, 0.29) is 24.8 Å². The molecule has 0 spiro atoms. The van der Waals surface area contributed by atoms with E-state index in [1.54, 1.807) is 42.5 Å². The Balaban J connectivity index is 2.06. The number of nitrogens with zero attached hydrogens (tertiary/aromatic N) is 1. The van der Waals surface area contributed by atoms with Crippen molar-refractivity contribution in [2.45, 2.75) is 6.54 Å². The van der Waals surface area contributed by atoms with E-state index in [4.69, 9.17) is 15.7 Å². The molecule has 23 heavy (non-hydrogen) atoms. The molecule has 0 aliphatic heterocycles. The van der Waals surface area contributed by atoms with Crippen molar-refractivity contribution in [1.82, 2.24) is 5.32 Å². The van der Waals surface area contributed by atoms with Crippen LogP contribution in [0.4, 0.5) is 0 Å². The molecule has 0 radical (unpaired) electrons. The summed E-state index contributed by atoms with van der Waals surface area (Å²) in [4.78, 5) is 23.1. The highest BCUT2D eigenvalue weighted by molar-refractivity contribution is 5.97. The van der Waals surface area contributed by atoms with Crippen molar-refractivity contribution in [2.75, 3.05) is 6.61 Å². The van der Waals surface area contributed by atoms with Gasteiger partial charge in [0.15, 0.2) is 6.61 Å². The number of hydrogen-bond acceptors (Lipinski definition) is 4. The van der Waals surface area contributed by atoms with Crippen molar-refractivity contribution >= 4 is 11.8 Å². The molecule has 6 nitrogen and oxygen atoms in total. The van der Waals surface area contributed by atoms with E-state index in [1.807, 2.05) is 12.1 Å². The first-order valence-electron chi connectivity index (χ1n) is 6.87. The fraction of sp³-hybridized carbons (Fsp3) is 0.118. The molecule has 2 aromatic rings. The number of para-hydroxylation sites is 1. The molecule has 0 fully saturated rings. The second-order valence-corrected chi connectivity index (χ2v) is 4.75. The van der Waals surface area contributed by atoms with Crippen molar-refractivity contribution in [1.29, 1.82) is 5.26 Å². The minimum absolute atomic E-state index is 0.276. The molecule has 2 amide bonds. The van der Waals surface area contributed by atoms with E-state index in [0.717, 1.165) is 5.56 Å². The predicted octanol–water partition coefficient (Wildman–Crippen LogP) is 1.35. The Bertz CT molecular complexity index is 766. The summed E-state index contributed by atoms with van der Waals surface area (Å²) in [6, 6.07) is 15.6. The lowest BCUT2D eigenvalue weighted by Gasteiger charge is -2.10. The lowest BCUT2D eigenvalue weighted by molar-refractivity contribution is -0.119. The van der Waals surface area contributed by atoms with E-state index in [1.165, 1.54) is 0 Å². The van der Waals surface area contributed by atoms with Crippen LogP contribution in [0.3, 0.4) is 0 Å². The number of rotatable bonds is 6. The molecule has 0 saturated heterocycles. The summed E-state index contributed by atoms with van der Waals surface area (Å²) in [5.74, 6) is -0.671. The number of hydrogen-bond donors (Lipinski definition) is 2. The molecule has 0 saturated carbocycles. The smallest absolute Gasteiger partial charge is 0.255 e. The average molecular weight is 309 g/mol. The summed E-state index contributed by atoms with van der Waals surface area (Å²) in [5, 5.41) is 11.6. The molecule has 6 heteroatoms. The van der Waals surface area contributed by atoms with Gasteiger partial charge in [0.2, 0.25) is 0 Å². The number of nitrogens with one attached hydrogen (secondary N) is 1. The summed E-state index contributed by atoms with van der Waals surface area (Å²) in [5.41, 5.74) is 6.69. The largest absolute Gasteiger partial charge is 0.483 e. The standard InChI is InChI=1S/C17H15N3O3/c18-9-12-4-3-5-13(8-12)10-20-17(22)14-6-1-2-7-15(14)23-11-16(19)21/h1-8H,10-11H2,(H2,19,21)(H,20,22). The number of benzene rings is 2. The Labute approximate surface area is 133 Å². The third kappa shape index (κ3) is 4.58. The molecular formula is C17H15N3O3. The monoisotopic (exact) mass is 309 g/mol.